The van der Waals surface area contributed by atoms with Crippen molar-refractivity contribution < 1.29 is 4.79 Å². The number of carbonyl (C=O) groups is 1. The molecule has 1 saturated carbocycles. The number of hydrogen-bond acceptors (Lipinski definition) is 6. The van der Waals surface area contributed by atoms with Gasteiger partial charge in [0.05, 0.1) is 17.3 Å². The molecule has 1 aromatic carbocycles. The number of carbonyl (C=O) groups excluding carboxylic acids is 1. The maximum atomic E-state index is 13.1. The number of amides is 1. The maximum Gasteiger partial charge on any atom is 0.257 e. The average Bonchev–Trinajstić information content (AvgIpc) is 3.61. The standard InChI is InChI=1S/C26H25N7O/c34-24(19-12-28-29-13-19)33-16-25-8-4-9-26(25,17-33)15-32(14-25)23-20-6-1-2-7-21(20)30-22(31-23)18-5-3-10-27-11-18/h1-3,5-7,10-13H,4,8-9,14-17H2,(H,28,29). The van der Waals surface area contributed by atoms with Crippen molar-refractivity contribution in [2.24, 2.45) is 10.8 Å². The van der Waals surface area contributed by atoms with Crippen LogP contribution in [0.3, 0.4) is 0 Å². The first-order valence-electron chi connectivity index (χ1n) is 11.9. The van der Waals surface area contributed by atoms with Gasteiger partial charge in [-0.3, -0.25) is 14.9 Å². The molecular formula is C26H25N7O. The topological polar surface area (TPSA) is 90.9 Å². The molecule has 0 spiro atoms. The van der Waals surface area contributed by atoms with E-state index in [2.05, 4.69) is 43.2 Å². The maximum absolute atomic E-state index is 13.1. The minimum absolute atomic E-state index is 0.0849. The van der Waals surface area contributed by atoms with Gasteiger partial charge in [0.15, 0.2) is 5.82 Å². The molecule has 3 fully saturated rings. The smallest absolute Gasteiger partial charge is 0.257 e. The second-order valence-corrected chi connectivity index (χ2v) is 10.0. The van der Waals surface area contributed by atoms with Crippen molar-refractivity contribution in [3.63, 3.8) is 0 Å². The fraction of sp³-hybridized carbons (Fsp3) is 0.346. The fourth-order valence-electron chi connectivity index (χ4n) is 6.72. The van der Waals surface area contributed by atoms with Crippen LogP contribution in [0, 0.1) is 10.8 Å². The Hall–Kier alpha value is -3.81. The van der Waals surface area contributed by atoms with Gasteiger partial charge in [-0.15, -0.1) is 0 Å². The first-order chi connectivity index (χ1) is 16.7. The van der Waals surface area contributed by atoms with Gasteiger partial charge in [-0.1, -0.05) is 18.6 Å². The summed E-state index contributed by atoms with van der Waals surface area (Å²) < 4.78 is 0. The van der Waals surface area contributed by atoms with Crippen LogP contribution in [0.4, 0.5) is 5.82 Å². The van der Waals surface area contributed by atoms with Crippen molar-refractivity contribution in [3.8, 4) is 11.4 Å². The molecule has 1 aliphatic carbocycles. The van der Waals surface area contributed by atoms with Crippen LogP contribution < -0.4 is 4.90 Å². The number of nitrogens with zero attached hydrogens (tertiary/aromatic N) is 6. The van der Waals surface area contributed by atoms with E-state index in [9.17, 15) is 4.79 Å². The van der Waals surface area contributed by atoms with Crippen molar-refractivity contribution in [2.45, 2.75) is 19.3 Å². The van der Waals surface area contributed by atoms with E-state index < -0.39 is 0 Å². The highest BCUT2D eigenvalue weighted by Gasteiger charge is 2.65. The number of benzene rings is 1. The summed E-state index contributed by atoms with van der Waals surface area (Å²) in [5.41, 5.74) is 2.72. The number of aromatic amines is 1. The summed E-state index contributed by atoms with van der Waals surface area (Å²) in [4.78, 5) is 31.8. The zero-order valence-corrected chi connectivity index (χ0v) is 18.8. The lowest BCUT2D eigenvalue weighted by atomic mass is 9.71. The average molecular weight is 452 g/mol. The number of fused-ring (bicyclic) bond motifs is 1. The zero-order valence-electron chi connectivity index (χ0n) is 18.8. The number of H-pyrrole nitrogens is 1. The number of pyridine rings is 1. The second kappa shape index (κ2) is 7.09. The van der Waals surface area contributed by atoms with Crippen molar-refractivity contribution in [1.82, 2.24) is 30.0 Å². The third-order valence-electron chi connectivity index (χ3n) is 8.24. The molecule has 0 radical (unpaired) electrons. The van der Waals surface area contributed by atoms with E-state index >= 15 is 0 Å². The summed E-state index contributed by atoms with van der Waals surface area (Å²) in [6.07, 6.45) is 10.4. The number of hydrogen-bond donors (Lipinski definition) is 1. The summed E-state index contributed by atoms with van der Waals surface area (Å²) in [6, 6.07) is 12.2. The molecule has 5 heterocycles. The molecule has 8 heteroatoms. The Balaban J connectivity index is 1.27. The zero-order chi connectivity index (χ0) is 22.8. The van der Waals surface area contributed by atoms with Crippen molar-refractivity contribution in [1.29, 1.82) is 0 Å². The molecule has 3 aliphatic rings. The van der Waals surface area contributed by atoms with Crippen molar-refractivity contribution in [2.75, 3.05) is 31.1 Å². The van der Waals surface area contributed by atoms with Crippen LogP contribution in [0.1, 0.15) is 29.6 Å². The summed E-state index contributed by atoms with van der Waals surface area (Å²) in [7, 11) is 0. The lowest BCUT2D eigenvalue weighted by molar-refractivity contribution is 0.0763. The third-order valence-corrected chi connectivity index (χ3v) is 8.24. The predicted molar refractivity (Wildman–Crippen MR) is 128 cm³/mol. The normalized spacial score (nSPS) is 25.6. The second-order valence-electron chi connectivity index (χ2n) is 10.0. The van der Waals surface area contributed by atoms with E-state index in [0.717, 1.165) is 61.3 Å². The number of para-hydroxylation sites is 1. The summed E-state index contributed by atoms with van der Waals surface area (Å²) in [6.45, 7) is 3.42. The number of anilines is 1. The Labute approximate surface area is 197 Å². The van der Waals surface area contributed by atoms with E-state index in [-0.39, 0.29) is 16.7 Å². The minimum Gasteiger partial charge on any atom is -0.355 e. The lowest BCUT2D eigenvalue weighted by Crippen LogP contribution is -2.37. The van der Waals surface area contributed by atoms with E-state index in [1.807, 2.05) is 24.4 Å². The minimum atomic E-state index is 0.0849. The SMILES string of the molecule is O=C(c1cn[nH]c1)N1CC23CCCC2(C1)CN(c1nc(-c2cccnc2)nc2ccccc12)C3. The molecule has 2 saturated heterocycles. The van der Waals surface area contributed by atoms with Gasteiger partial charge in [0.2, 0.25) is 0 Å². The Morgan fingerprint density at radius 3 is 2.50 bits per heavy atom. The Kier molecular flexibility index (Phi) is 4.10. The molecule has 7 rings (SSSR count). The number of nitrogens with one attached hydrogen (secondary N) is 1. The molecular weight excluding hydrogens is 426 g/mol. The van der Waals surface area contributed by atoms with Crippen LogP contribution in [0.25, 0.3) is 22.3 Å². The van der Waals surface area contributed by atoms with E-state index in [4.69, 9.17) is 9.97 Å². The fourth-order valence-corrected chi connectivity index (χ4v) is 6.72. The molecule has 4 aromatic rings. The summed E-state index contributed by atoms with van der Waals surface area (Å²) in [5, 5.41) is 7.82. The van der Waals surface area contributed by atoms with Gasteiger partial charge in [-0.2, -0.15) is 5.10 Å². The molecule has 8 nitrogen and oxygen atoms in total. The third kappa shape index (κ3) is 2.74. The van der Waals surface area contributed by atoms with E-state index in [1.165, 1.54) is 6.42 Å². The molecule has 2 aliphatic heterocycles. The van der Waals surface area contributed by atoms with Gasteiger partial charge in [0, 0.05) is 66.5 Å². The molecule has 34 heavy (non-hydrogen) atoms. The number of rotatable bonds is 3. The quantitative estimate of drug-likeness (QED) is 0.512. The van der Waals surface area contributed by atoms with Gasteiger partial charge < -0.3 is 9.80 Å². The highest BCUT2D eigenvalue weighted by Crippen LogP contribution is 2.62. The van der Waals surface area contributed by atoms with Crippen LogP contribution in [-0.4, -0.2) is 62.1 Å². The highest BCUT2D eigenvalue weighted by molar-refractivity contribution is 5.94. The van der Waals surface area contributed by atoms with Gasteiger partial charge >= 0.3 is 0 Å². The monoisotopic (exact) mass is 451 g/mol. The van der Waals surface area contributed by atoms with Crippen LogP contribution >= 0.6 is 0 Å². The van der Waals surface area contributed by atoms with Crippen LogP contribution in [0.2, 0.25) is 0 Å². The lowest BCUT2D eigenvalue weighted by Gasteiger charge is -2.29. The predicted octanol–water partition coefficient (Wildman–Crippen LogP) is 3.55. The van der Waals surface area contributed by atoms with Gasteiger partial charge in [0.25, 0.3) is 5.91 Å². The molecule has 2 atom stereocenters. The molecule has 170 valence electrons. The molecule has 0 bridgehead atoms. The Morgan fingerprint density at radius 1 is 0.941 bits per heavy atom. The highest BCUT2D eigenvalue weighted by atomic mass is 16.2. The van der Waals surface area contributed by atoms with Gasteiger partial charge in [-0.25, -0.2) is 9.97 Å². The van der Waals surface area contributed by atoms with E-state index in [1.54, 1.807) is 18.6 Å². The molecule has 3 aromatic heterocycles. The van der Waals surface area contributed by atoms with Crippen molar-refractivity contribution >= 4 is 22.6 Å². The Bertz CT molecular complexity index is 1370. The first-order valence-corrected chi connectivity index (χ1v) is 11.9. The van der Waals surface area contributed by atoms with Crippen molar-refractivity contribution in [3.05, 3.63) is 66.7 Å². The molecule has 1 amide bonds. The van der Waals surface area contributed by atoms with E-state index in [0.29, 0.717) is 11.4 Å². The van der Waals surface area contributed by atoms with Crippen LogP contribution in [-0.2, 0) is 0 Å². The summed E-state index contributed by atoms with van der Waals surface area (Å²) >= 11 is 0. The number of likely N-dealkylation sites (tertiary alicyclic amines) is 1. The van der Waals surface area contributed by atoms with Gasteiger partial charge in [0.1, 0.15) is 5.82 Å². The Morgan fingerprint density at radius 2 is 1.76 bits per heavy atom. The van der Waals surface area contributed by atoms with Crippen LogP contribution in [0.5, 0.6) is 0 Å². The molecule has 2 unspecified atom stereocenters. The largest absolute Gasteiger partial charge is 0.355 e. The first kappa shape index (κ1) is 19.6. The number of aromatic nitrogens is 5. The van der Waals surface area contributed by atoms with Crippen LogP contribution in [0.15, 0.2) is 61.2 Å². The summed E-state index contributed by atoms with van der Waals surface area (Å²) in [5.74, 6) is 1.78. The molecule has 1 N–H and O–H groups in total. The van der Waals surface area contributed by atoms with Gasteiger partial charge in [-0.05, 0) is 37.1 Å².